The number of carbonyl (C=O) groups excluding carboxylic acids is 2. The zero-order chi connectivity index (χ0) is 18.7. The highest BCUT2D eigenvalue weighted by molar-refractivity contribution is 6.34. The quantitative estimate of drug-likeness (QED) is 0.857. The number of hydrogen-bond acceptors (Lipinski definition) is 4. The Morgan fingerprint density at radius 1 is 1.23 bits per heavy atom. The van der Waals surface area contributed by atoms with E-state index < -0.39 is 12.0 Å². The van der Waals surface area contributed by atoms with Crippen molar-refractivity contribution in [3.63, 3.8) is 0 Å². The second-order valence-electron chi connectivity index (χ2n) is 5.71. The van der Waals surface area contributed by atoms with Crippen molar-refractivity contribution in [2.24, 2.45) is 5.16 Å². The molecule has 134 valence electrons. The van der Waals surface area contributed by atoms with Crippen LogP contribution >= 0.6 is 11.6 Å². The molecule has 1 aliphatic heterocycles. The van der Waals surface area contributed by atoms with Crippen LogP contribution in [0.1, 0.15) is 18.9 Å². The Morgan fingerprint density at radius 3 is 2.77 bits per heavy atom. The molecule has 0 fully saturated rings. The van der Waals surface area contributed by atoms with Gasteiger partial charge in [0.15, 0.2) is 0 Å². The number of amides is 2. The third-order valence-corrected chi connectivity index (χ3v) is 3.99. The number of carbonyl (C=O) groups is 2. The number of benzene rings is 2. The third-order valence-electron chi connectivity index (χ3n) is 3.66. The molecule has 1 atom stereocenters. The molecular formula is C18H15ClFN3O3. The Morgan fingerprint density at radius 2 is 2.04 bits per heavy atom. The van der Waals surface area contributed by atoms with Crippen molar-refractivity contribution < 1.29 is 18.8 Å². The number of anilines is 2. The Balaban J connectivity index is 1.67. The molecule has 2 N–H and O–H groups in total. The average Bonchev–Trinajstić information content (AvgIpc) is 3.07. The van der Waals surface area contributed by atoms with Crippen molar-refractivity contribution in [3.8, 4) is 0 Å². The summed E-state index contributed by atoms with van der Waals surface area (Å²) in [6.07, 6.45) is -0.646. The van der Waals surface area contributed by atoms with E-state index in [1.807, 2.05) is 0 Å². The first-order valence-corrected chi connectivity index (χ1v) is 8.17. The van der Waals surface area contributed by atoms with Crippen LogP contribution < -0.4 is 10.6 Å². The van der Waals surface area contributed by atoms with Crippen LogP contribution in [0.5, 0.6) is 0 Å². The summed E-state index contributed by atoms with van der Waals surface area (Å²) in [6.45, 7) is 1.38. The predicted octanol–water partition coefficient (Wildman–Crippen LogP) is 3.57. The zero-order valence-corrected chi connectivity index (χ0v) is 14.5. The first-order valence-electron chi connectivity index (χ1n) is 7.79. The van der Waals surface area contributed by atoms with Crippen LogP contribution in [0, 0.1) is 5.82 Å². The van der Waals surface area contributed by atoms with E-state index in [1.165, 1.54) is 19.1 Å². The molecule has 2 amide bonds. The number of nitrogens with zero attached hydrogens (tertiary/aromatic N) is 1. The fraction of sp³-hybridized carbons (Fsp3) is 0.167. The largest absolute Gasteiger partial charge is 0.382 e. The molecule has 8 heteroatoms. The smallest absolute Gasteiger partial charge is 0.268 e. The number of rotatable bonds is 4. The molecule has 1 aliphatic rings. The van der Waals surface area contributed by atoms with Crippen molar-refractivity contribution in [1.82, 2.24) is 0 Å². The minimum absolute atomic E-state index is 0.207. The molecule has 2 aromatic rings. The van der Waals surface area contributed by atoms with Crippen LogP contribution in [0.15, 0.2) is 47.6 Å². The lowest BCUT2D eigenvalue weighted by Crippen LogP contribution is -2.28. The van der Waals surface area contributed by atoms with Crippen LogP contribution in [0.2, 0.25) is 5.02 Å². The minimum Gasteiger partial charge on any atom is -0.382 e. The third kappa shape index (κ3) is 4.18. The number of oxime groups is 1. The first kappa shape index (κ1) is 17.9. The number of hydrogen-bond donors (Lipinski definition) is 2. The lowest BCUT2D eigenvalue weighted by molar-refractivity contribution is -0.125. The highest BCUT2D eigenvalue weighted by Gasteiger charge is 2.29. The molecular weight excluding hydrogens is 361 g/mol. The van der Waals surface area contributed by atoms with Gasteiger partial charge in [0.25, 0.3) is 5.91 Å². The van der Waals surface area contributed by atoms with E-state index in [4.69, 9.17) is 16.4 Å². The molecule has 0 radical (unpaired) electrons. The molecule has 3 rings (SSSR count). The highest BCUT2D eigenvalue weighted by atomic mass is 35.5. The van der Waals surface area contributed by atoms with Gasteiger partial charge in [-0.15, -0.1) is 0 Å². The van der Waals surface area contributed by atoms with E-state index in [0.29, 0.717) is 27.7 Å². The van der Waals surface area contributed by atoms with E-state index >= 15 is 0 Å². The van der Waals surface area contributed by atoms with Gasteiger partial charge in [0.1, 0.15) is 5.82 Å². The molecule has 2 aromatic carbocycles. The van der Waals surface area contributed by atoms with Crippen LogP contribution in [-0.4, -0.2) is 23.6 Å². The molecule has 0 aliphatic carbocycles. The van der Waals surface area contributed by atoms with E-state index in [-0.39, 0.29) is 18.1 Å². The van der Waals surface area contributed by atoms with Crippen LogP contribution in [-0.2, 0) is 14.4 Å². The second kappa shape index (κ2) is 7.53. The lowest BCUT2D eigenvalue weighted by Gasteiger charge is -2.12. The van der Waals surface area contributed by atoms with Crippen LogP contribution in [0.25, 0.3) is 0 Å². The summed E-state index contributed by atoms with van der Waals surface area (Å²) < 4.78 is 13.3. The van der Waals surface area contributed by atoms with Crippen LogP contribution in [0.3, 0.4) is 0 Å². The maximum atomic E-state index is 13.3. The monoisotopic (exact) mass is 375 g/mol. The molecule has 0 saturated carbocycles. The summed E-state index contributed by atoms with van der Waals surface area (Å²) >= 11 is 6.09. The fourth-order valence-corrected chi connectivity index (χ4v) is 2.64. The van der Waals surface area contributed by atoms with Crippen molar-refractivity contribution >= 4 is 40.5 Å². The molecule has 0 unspecified atom stereocenters. The van der Waals surface area contributed by atoms with Gasteiger partial charge in [-0.2, -0.15) is 0 Å². The average molecular weight is 376 g/mol. The Hall–Kier alpha value is -2.93. The van der Waals surface area contributed by atoms with Gasteiger partial charge >= 0.3 is 0 Å². The lowest BCUT2D eigenvalue weighted by atomic mass is 10.0. The van der Waals surface area contributed by atoms with Gasteiger partial charge in [0.2, 0.25) is 12.0 Å². The van der Waals surface area contributed by atoms with Gasteiger partial charge in [-0.25, -0.2) is 4.39 Å². The molecule has 1 heterocycles. The zero-order valence-electron chi connectivity index (χ0n) is 13.8. The standard InChI is InChI=1S/C18H15ClFN3O3/c1-10(24)21-13-5-6-14(19)16(8-13)22-18(25)17-9-15(23-26-17)11-3-2-4-12(20)7-11/h2-8,17H,9H2,1H3,(H,21,24)(H,22,25)/t17-/m0/s1. The van der Waals surface area contributed by atoms with Crippen LogP contribution in [0.4, 0.5) is 15.8 Å². The molecule has 0 saturated heterocycles. The second-order valence-corrected chi connectivity index (χ2v) is 6.12. The summed E-state index contributed by atoms with van der Waals surface area (Å²) in [6, 6.07) is 10.6. The summed E-state index contributed by atoms with van der Waals surface area (Å²) in [5, 5.41) is 9.45. The van der Waals surface area contributed by atoms with Crippen molar-refractivity contribution in [2.75, 3.05) is 10.6 Å². The van der Waals surface area contributed by atoms with E-state index in [9.17, 15) is 14.0 Å². The van der Waals surface area contributed by atoms with E-state index in [0.717, 1.165) is 0 Å². The minimum atomic E-state index is -0.853. The number of nitrogens with one attached hydrogen (secondary N) is 2. The van der Waals surface area contributed by atoms with Crippen molar-refractivity contribution in [2.45, 2.75) is 19.4 Å². The molecule has 0 spiro atoms. The predicted molar refractivity (Wildman–Crippen MR) is 96.8 cm³/mol. The Labute approximate surface area is 154 Å². The fourth-order valence-electron chi connectivity index (χ4n) is 2.47. The van der Waals surface area contributed by atoms with Gasteiger partial charge in [-0.3, -0.25) is 9.59 Å². The van der Waals surface area contributed by atoms with E-state index in [1.54, 1.807) is 30.3 Å². The van der Waals surface area contributed by atoms with Gasteiger partial charge < -0.3 is 15.5 Å². The molecule has 26 heavy (non-hydrogen) atoms. The van der Waals surface area contributed by atoms with Gasteiger partial charge in [0.05, 0.1) is 16.4 Å². The Bertz CT molecular complexity index is 901. The molecule has 0 aromatic heterocycles. The van der Waals surface area contributed by atoms with Gasteiger partial charge in [-0.1, -0.05) is 28.9 Å². The topological polar surface area (TPSA) is 79.8 Å². The number of halogens is 2. The van der Waals surface area contributed by atoms with Crippen molar-refractivity contribution in [1.29, 1.82) is 0 Å². The maximum absolute atomic E-state index is 13.3. The maximum Gasteiger partial charge on any atom is 0.268 e. The SMILES string of the molecule is CC(=O)Nc1ccc(Cl)c(NC(=O)[C@@H]2CC(c3cccc(F)c3)=NO2)c1. The molecule has 0 bridgehead atoms. The summed E-state index contributed by atoms with van der Waals surface area (Å²) in [4.78, 5) is 28.7. The van der Waals surface area contributed by atoms with E-state index in [2.05, 4.69) is 15.8 Å². The summed E-state index contributed by atoms with van der Waals surface area (Å²) in [7, 11) is 0. The normalized spacial score (nSPS) is 15.8. The van der Waals surface area contributed by atoms with Gasteiger partial charge in [-0.05, 0) is 30.3 Å². The highest BCUT2D eigenvalue weighted by Crippen LogP contribution is 2.27. The summed E-state index contributed by atoms with van der Waals surface area (Å²) in [5.41, 5.74) is 1.89. The van der Waals surface area contributed by atoms with Gasteiger partial charge in [0, 0.05) is 24.6 Å². The summed E-state index contributed by atoms with van der Waals surface area (Å²) in [5.74, 6) is -1.07. The first-order chi connectivity index (χ1) is 12.4. The Kier molecular flexibility index (Phi) is 5.18. The van der Waals surface area contributed by atoms with Crippen molar-refractivity contribution in [3.05, 3.63) is 58.9 Å². The molecule has 6 nitrogen and oxygen atoms in total.